The summed E-state index contributed by atoms with van der Waals surface area (Å²) in [6, 6.07) is 1.87. The standard InChI is InChI=1S/C10H15ClN2O/c1-3-12-6-8-5-10(14-4-2)13-7-9(8)11/h5,7,12H,3-4,6H2,1-2H3. The van der Waals surface area contributed by atoms with E-state index in [2.05, 4.69) is 17.2 Å². The fourth-order valence-electron chi connectivity index (χ4n) is 1.08. The minimum Gasteiger partial charge on any atom is -0.478 e. The van der Waals surface area contributed by atoms with Crippen molar-refractivity contribution in [3.8, 4) is 5.88 Å². The molecule has 1 rings (SSSR count). The van der Waals surface area contributed by atoms with E-state index in [1.807, 2.05) is 13.0 Å². The fraction of sp³-hybridized carbons (Fsp3) is 0.500. The number of nitrogens with one attached hydrogen (secondary N) is 1. The first-order valence-corrected chi connectivity index (χ1v) is 5.13. The molecule has 14 heavy (non-hydrogen) atoms. The number of halogens is 1. The highest BCUT2D eigenvalue weighted by molar-refractivity contribution is 6.31. The molecule has 3 nitrogen and oxygen atoms in total. The predicted molar refractivity (Wildman–Crippen MR) is 57.8 cm³/mol. The molecule has 0 radical (unpaired) electrons. The predicted octanol–water partition coefficient (Wildman–Crippen LogP) is 2.24. The van der Waals surface area contributed by atoms with Gasteiger partial charge in [-0.25, -0.2) is 4.98 Å². The number of ether oxygens (including phenoxy) is 1. The Kier molecular flexibility index (Phi) is 4.70. The minimum absolute atomic E-state index is 0.620. The molecule has 0 atom stereocenters. The highest BCUT2D eigenvalue weighted by Crippen LogP contribution is 2.18. The van der Waals surface area contributed by atoms with Gasteiger partial charge in [-0.2, -0.15) is 0 Å². The van der Waals surface area contributed by atoms with Gasteiger partial charge in [0.2, 0.25) is 5.88 Å². The Labute approximate surface area is 89.4 Å². The van der Waals surface area contributed by atoms with Gasteiger partial charge in [-0.3, -0.25) is 0 Å². The SMILES string of the molecule is CCNCc1cc(OCC)ncc1Cl. The van der Waals surface area contributed by atoms with Gasteiger partial charge in [-0.15, -0.1) is 0 Å². The second-order valence-electron chi connectivity index (χ2n) is 2.83. The molecular weight excluding hydrogens is 200 g/mol. The normalized spacial score (nSPS) is 10.2. The van der Waals surface area contributed by atoms with E-state index in [9.17, 15) is 0 Å². The third-order valence-electron chi connectivity index (χ3n) is 1.77. The van der Waals surface area contributed by atoms with E-state index < -0.39 is 0 Å². The van der Waals surface area contributed by atoms with Gasteiger partial charge in [-0.1, -0.05) is 18.5 Å². The molecule has 0 unspecified atom stereocenters. The summed E-state index contributed by atoms with van der Waals surface area (Å²) in [7, 11) is 0. The molecule has 4 heteroatoms. The summed E-state index contributed by atoms with van der Waals surface area (Å²) < 4.78 is 5.28. The van der Waals surface area contributed by atoms with Crippen molar-refractivity contribution in [3.63, 3.8) is 0 Å². The first kappa shape index (κ1) is 11.3. The summed E-state index contributed by atoms with van der Waals surface area (Å²) >= 11 is 5.97. The number of pyridine rings is 1. The molecule has 0 amide bonds. The van der Waals surface area contributed by atoms with E-state index in [1.165, 1.54) is 0 Å². The summed E-state index contributed by atoms with van der Waals surface area (Å²) in [5, 5.41) is 3.88. The van der Waals surface area contributed by atoms with Gasteiger partial charge in [-0.05, 0) is 19.0 Å². The molecule has 1 N–H and O–H groups in total. The van der Waals surface area contributed by atoms with Crippen LogP contribution >= 0.6 is 11.6 Å². The van der Waals surface area contributed by atoms with Crippen LogP contribution in [-0.2, 0) is 6.54 Å². The topological polar surface area (TPSA) is 34.1 Å². The molecule has 1 aromatic heterocycles. The lowest BCUT2D eigenvalue weighted by molar-refractivity contribution is 0.326. The van der Waals surface area contributed by atoms with Crippen LogP contribution in [0.1, 0.15) is 19.4 Å². The molecule has 1 aromatic rings. The van der Waals surface area contributed by atoms with Crippen LogP contribution in [0.25, 0.3) is 0 Å². The van der Waals surface area contributed by atoms with Crippen molar-refractivity contribution in [2.45, 2.75) is 20.4 Å². The smallest absolute Gasteiger partial charge is 0.213 e. The number of hydrogen-bond acceptors (Lipinski definition) is 3. The van der Waals surface area contributed by atoms with Gasteiger partial charge >= 0.3 is 0 Å². The van der Waals surface area contributed by atoms with Gasteiger partial charge < -0.3 is 10.1 Å². The van der Waals surface area contributed by atoms with E-state index in [-0.39, 0.29) is 0 Å². The maximum absolute atomic E-state index is 5.97. The van der Waals surface area contributed by atoms with E-state index in [0.29, 0.717) is 17.5 Å². The van der Waals surface area contributed by atoms with Crippen molar-refractivity contribution in [2.24, 2.45) is 0 Å². The molecule has 0 saturated carbocycles. The zero-order chi connectivity index (χ0) is 10.4. The van der Waals surface area contributed by atoms with Crippen molar-refractivity contribution in [3.05, 3.63) is 22.8 Å². The second-order valence-corrected chi connectivity index (χ2v) is 3.23. The Hall–Kier alpha value is -0.800. The van der Waals surface area contributed by atoms with Gasteiger partial charge in [0, 0.05) is 18.8 Å². The number of aromatic nitrogens is 1. The lowest BCUT2D eigenvalue weighted by atomic mass is 10.2. The summed E-state index contributed by atoms with van der Waals surface area (Å²) in [6.07, 6.45) is 1.62. The quantitative estimate of drug-likeness (QED) is 0.817. The van der Waals surface area contributed by atoms with Crippen molar-refractivity contribution >= 4 is 11.6 Å². The maximum Gasteiger partial charge on any atom is 0.213 e. The molecule has 0 aliphatic rings. The third kappa shape index (κ3) is 3.16. The van der Waals surface area contributed by atoms with Crippen molar-refractivity contribution in [1.82, 2.24) is 10.3 Å². The highest BCUT2D eigenvalue weighted by Gasteiger charge is 2.02. The van der Waals surface area contributed by atoms with E-state index in [0.717, 1.165) is 18.7 Å². The maximum atomic E-state index is 5.97. The fourth-order valence-corrected chi connectivity index (χ4v) is 1.25. The van der Waals surface area contributed by atoms with E-state index in [4.69, 9.17) is 16.3 Å². The average molecular weight is 215 g/mol. The Morgan fingerprint density at radius 2 is 2.29 bits per heavy atom. The Morgan fingerprint density at radius 1 is 1.50 bits per heavy atom. The van der Waals surface area contributed by atoms with Crippen molar-refractivity contribution in [2.75, 3.05) is 13.2 Å². The number of rotatable bonds is 5. The molecular formula is C10H15ClN2O. The summed E-state index contributed by atoms with van der Waals surface area (Å²) in [5.74, 6) is 0.629. The monoisotopic (exact) mass is 214 g/mol. The lowest BCUT2D eigenvalue weighted by Gasteiger charge is -2.07. The Balaban J connectivity index is 2.74. The molecule has 0 spiro atoms. The lowest BCUT2D eigenvalue weighted by Crippen LogP contribution is -2.12. The van der Waals surface area contributed by atoms with Crippen molar-refractivity contribution < 1.29 is 4.74 Å². The van der Waals surface area contributed by atoms with Crippen molar-refractivity contribution in [1.29, 1.82) is 0 Å². The van der Waals surface area contributed by atoms with Crippen LogP contribution in [0, 0.1) is 0 Å². The van der Waals surface area contributed by atoms with Crippen LogP contribution in [0.3, 0.4) is 0 Å². The molecule has 0 aromatic carbocycles. The first-order chi connectivity index (χ1) is 6.77. The summed E-state index contributed by atoms with van der Waals surface area (Å²) in [5.41, 5.74) is 1.02. The van der Waals surface area contributed by atoms with Gasteiger partial charge in [0.1, 0.15) is 0 Å². The van der Waals surface area contributed by atoms with Gasteiger partial charge in [0.15, 0.2) is 0 Å². The molecule has 0 aliphatic heterocycles. The van der Waals surface area contributed by atoms with Crippen LogP contribution < -0.4 is 10.1 Å². The van der Waals surface area contributed by atoms with Gasteiger partial charge in [0.25, 0.3) is 0 Å². The Bertz CT molecular complexity index is 291. The summed E-state index contributed by atoms with van der Waals surface area (Å²) in [6.45, 7) is 6.27. The summed E-state index contributed by atoms with van der Waals surface area (Å²) in [4.78, 5) is 4.05. The molecule has 0 saturated heterocycles. The minimum atomic E-state index is 0.620. The zero-order valence-electron chi connectivity index (χ0n) is 8.51. The zero-order valence-corrected chi connectivity index (χ0v) is 9.27. The van der Waals surface area contributed by atoms with E-state index in [1.54, 1.807) is 6.20 Å². The molecule has 0 fully saturated rings. The van der Waals surface area contributed by atoms with Gasteiger partial charge in [0.05, 0.1) is 11.6 Å². The first-order valence-electron chi connectivity index (χ1n) is 4.75. The van der Waals surface area contributed by atoms with Crippen LogP contribution in [0.4, 0.5) is 0 Å². The average Bonchev–Trinajstić information content (AvgIpc) is 2.19. The van der Waals surface area contributed by atoms with Crippen LogP contribution in [0.15, 0.2) is 12.3 Å². The highest BCUT2D eigenvalue weighted by atomic mass is 35.5. The van der Waals surface area contributed by atoms with Crippen LogP contribution in [0.2, 0.25) is 5.02 Å². The molecule has 78 valence electrons. The molecule has 0 bridgehead atoms. The molecule has 0 aliphatic carbocycles. The largest absolute Gasteiger partial charge is 0.478 e. The number of hydrogen-bond donors (Lipinski definition) is 1. The Morgan fingerprint density at radius 3 is 2.93 bits per heavy atom. The third-order valence-corrected chi connectivity index (χ3v) is 2.11. The van der Waals surface area contributed by atoms with Crippen LogP contribution in [-0.4, -0.2) is 18.1 Å². The van der Waals surface area contributed by atoms with E-state index >= 15 is 0 Å². The molecule has 1 heterocycles. The number of nitrogens with zero attached hydrogens (tertiary/aromatic N) is 1. The second kappa shape index (κ2) is 5.83. The van der Waals surface area contributed by atoms with Crippen LogP contribution in [0.5, 0.6) is 5.88 Å².